The third-order valence-corrected chi connectivity index (χ3v) is 1.75. The van der Waals surface area contributed by atoms with E-state index < -0.39 is 12.0 Å². The number of carbonyl (C=O) groups is 2. The van der Waals surface area contributed by atoms with Crippen molar-refractivity contribution >= 4 is 11.9 Å². The number of amides is 1. The summed E-state index contributed by atoms with van der Waals surface area (Å²) in [6.07, 6.45) is 1.67. The van der Waals surface area contributed by atoms with Crippen LogP contribution in [0.25, 0.3) is 0 Å². The molecule has 14 heavy (non-hydrogen) atoms. The van der Waals surface area contributed by atoms with Crippen LogP contribution in [0.3, 0.4) is 0 Å². The molecule has 0 aliphatic carbocycles. The third-order valence-electron chi connectivity index (χ3n) is 1.75. The van der Waals surface area contributed by atoms with Crippen molar-refractivity contribution in [2.75, 3.05) is 6.54 Å². The number of hydrogen-bond acceptors (Lipinski definition) is 4. The molecule has 0 aliphatic heterocycles. The molecule has 6 nitrogen and oxygen atoms in total. The number of hydrogen-bond donors (Lipinski definition) is 4. The molecule has 1 amide bonds. The van der Waals surface area contributed by atoms with Gasteiger partial charge in [-0.05, 0) is 19.3 Å². The Bertz CT molecular complexity index is 196. The van der Waals surface area contributed by atoms with E-state index in [2.05, 4.69) is 5.32 Å². The minimum absolute atomic E-state index is 0.0972. The molecule has 82 valence electrons. The zero-order chi connectivity index (χ0) is 11.0. The molecule has 0 fully saturated rings. The Morgan fingerprint density at radius 3 is 2.43 bits per heavy atom. The van der Waals surface area contributed by atoms with Crippen LogP contribution in [0.2, 0.25) is 0 Å². The van der Waals surface area contributed by atoms with Crippen LogP contribution < -0.4 is 10.8 Å². The van der Waals surface area contributed by atoms with Crippen LogP contribution >= 0.6 is 0 Å². The molecule has 0 aromatic rings. The Morgan fingerprint density at radius 1 is 1.36 bits per heavy atom. The highest BCUT2D eigenvalue weighted by Gasteiger charge is 2.14. The lowest BCUT2D eigenvalue weighted by Crippen LogP contribution is -2.34. The highest BCUT2D eigenvalue weighted by molar-refractivity contribution is 5.73. The first-order valence-corrected chi connectivity index (χ1v) is 4.44. The van der Waals surface area contributed by atoms with Crippen LogP contribution in [-0.4, -0.2) is 34.8 Å². The summed E-state index contributed by atoms with van der Waals surface area (Å²) in [5, 5.41) is 19.6. The maximum Gasteiger partial charge on any atom is 0.323 e. The summed E-state index contributed by atoms with van der Waals surface area (Å²) in [5.41, 5.74) is 1.71. The summed E-state index contributed by atoms with van der Waals surface area (Å²) >= 11 is 0. The smallest absolute Gasteiger partial charge is 0.323 e. The lowest BCUT2D eigenvalue weighted by molar-refractivity contribution is -0.142. The Kier molecular flexibility index (Phi) is 6.69. The predicted molar refractivity (Wildman–Crippen MR) is 48.9 cm³/mol. The molecule has 0 saturated heterocycles. The second-order valence-electron chi connectivity index (χ2n) is 3.00. The van der Waals surface area contributed by atoms with Crippen molar-refractivity contribution in [2.24, 2.45) is 0 Å². The van der Waals surface area contributed by atoms with Gasteiger partial charge in [-0.15, -0.1) is 0 Å². The van der Waals surface area contributed by atoms with Crippen LogP contribution in [0.15, 0.2) is 0 Å². The number of aliphatic carboxylic acids is 1. The summed E-state index contributed by atoms with van der Waals surface area (Å²) in [5.74, 6) is -1.17. The van der Waals surface area contributed by atoms with Crippen molar-refractivity contribution < 1.29 is 19.9 Å². The molecule has 0 aromatic heterocycles. The van der Waals surface area contributed by atoms with E-state index in [0.29, 0.717) is 25.8 Å². The Morgan fingerprint density at radius 2 is 2.00 bits per heavy atom. The first-order chi connectivity index (χ1) is 6.57. The summed E-state index contributed by atoms with van der Waals surface area (Å²) in [6.45, 7) is 1.96. The fourth-order valence-corrected chi connectivity index (χ4v) is 0.981. The van der Waals surface area contributed by atoms with Crippen molar-refractivity contribution in [3.05, 3.63) is 0 Å². The number of nitrogens with one attached hydrogen (secondary N) is 2. The first-order valence-electron chi connectivity index (χ1n) is 4.44. The van der Waals surface area contributed by atoms with E-state index in [-0.39, 0.29) is 5.91 Å². The fourth-order valence-electron chi connectivity index (χ4n) is 0.981. The molecule has 0 radical (unpaired) electrons. The number of unbranched alkanes of at least 4 members (excludes halogenated alkanes) is 1. The summed E-state index contributed by atoms with van der Waals surface area (Å²) in [4.78, 5) is 20.9. The van der Waals surface area contributed by atoms with Crippen LogP contribution in [-0.2, 0) is 9.59 Å². The van der Waals surface area contributed by atoms with Gasteiger partial charge in [0.2, 0.25) is 5.91 Å². The Balaban J connectivity index is 3.42. The van der Waals surface area contributed by atoms with Gasteiger partial charge in [-0.2, -0.15) is 5.48 Å². The van der Waals surface area contributed by atoms with Crippen molar-refractivity contribution in [1.82, 2.24) is 10.8 Å². The zero-order valence-electron chi connectivity index (χ0n) is 8.12. The molecule has 6 heteroatoms. The molecule has 0 unspecified atom stereocenters. The lowest BCUT2D eigenvalue weighted by atomic mass is 10.1. The second-order valence-corrected chi connectivity index (χ2v) is 3.00. The lowest BCUT2D eigenvalue weighted by Gasteiger charge is -2.09. The molecule has 0 aliphatic rings. The quantitative estimate of drug-likeness (QED) is 0.338. The minimum Gasteiger partial charge on any atom is -0.480 e. The molecule has 1 atom stereocenters. The molecule has 4 N–H and O–H groups in total. The maximum atomic E-state index is 10.4. The van der Waals surface area contributed by atoms with Gasteiger partial charge >= 0.3 is 5.97 Å². The van der Waals surface area contributed by atoms with Crippen LogP contribution in [0.5, 0.6) is 0 Å². The predicted octanol–water partition coefficient (Wildman–Crippen LogP) is -0.275. The van der Waals surface area contributed by atoms with Gasteiger partial charge in [-0.1, -0.05) is 0 Å². The average molecular weight is 204 g/mol. The monoisotopic (exact) mass is 204 g/mol. The highest BCUT2D eigenvalue weighted by atomic mass is 16.5. The fraction of sp³-hybridized carbons (Fsp3) is 0.750. The van der Waals surface area contributed by atoms with Gasteiger partial charge in [0.05, 0.1) is 0 Å². The third kappa shape index (κ3) is 6.38. The molecule has 0 saturated carbocycles. The van der Waals surface area contributed by atoms with E-state index in [0.717, 1.165) is 0 Å². The Labute approximate surface area is 82.3 Å². The van der Waals surface area contributed by atoms with Crippen molar-refractivity contribution in [2.45, 2.75) is 32.2 Å². The van der Waals surface area contributed by atoms with Crippen molar-refractivity contribution in [3.63, 3.8) is 0 Å². The second kappa shape index (κ2) is 7.28. The SMILES string of the molecule is CC(=O)NCCCC[C@H](NO)C(=O)O. The number of carboxylic acid groups (broad SMARTS) is 1. The van der Waals surface area contributed by atoms with E-state index in [9.17, 15) is 9.59 Å². The largest absolute Gasteiger partial charge is 0.480 e. The van der Waals surface area contributed by atoms with Gasteiger partial charge in [0.1, 0.15) is 6.04 Å². The Hall–Kier alpha value is -1.14. The molecular weight excluding hydrogens is 188 g/mol. The molecule has 0 spiro atoms. The van der Waals surface area contributed by atoms with E-state index >= 15 is 0 Å². The molecule has 0 aromatic carbocycles. The van der Waals surface area contributed by atoms with Gasteiger partial charge in [-0.25, -0.2) is 0 Å². The van der Waals surface area contributed by atoms with E-state index in [1.807, 2.05) is 0 Å². The standard InChI is InChI=1S/C8H16N2O4/c1-6(11)9-5-3-2-4-7(10-14)8(12)13/h7,10,14H,2-5H2,1H3,(H,9,11)(H,12,13)/t7-/m0/s1. The van der Waals surface area contributed by atoms with Crippen molar-refractivity contribution in [1.29, 1.82) is 0 Å². The average Bonchev–Trinajstić information content (AvgIpc) is 2.10. The zero-order valence-corrected chi connectivity index (χ0v) is 8.12. The normalized spacial score (nSPS) is 12.1. The summed E-state index contributed by atoms with van der Waals surface area (Å²) in [7, 11) is 0. The van der Waals surface area contributed by atoms with Crippen molar-refractivity contribution in [3.8, 4) is 0 Å². The van der Waals surface area contributed by atoms with Crippen LogP contribution in [0, 0.1) is 0 Å². The van der Waals surface area contributed by atoms with Gasteiger partial charge in [-0.3, -0.25) is 9.59 Å². The topological polar surface area (TPSA) is 98.7 Å². The van der Waals surface area contributed by atoms with E-state index in [4.69, 9.17) is 10.3 Å². The number of carboxylic acids is 1. The van der Waals surface area contributed by atoms with Crippen LogP contribution in [0.4, 0.5) is 0 Å². The summed E-state index contributed by atoms with van der Waals surface area (Å²) in [6, 6.07) is -0.924. The molecule has 0 bridgehead atoms. The van der Waals surface area contributed by atoms with Gasteiger partial charge in [0.25, 0.3) is 0 Å². The highest BCUT2D eigenvalue weighted by Crippen LogP contribution is 1.99. The minimum atomic E-state index is -1.08. The number of carbonyl (C=O) groups excluding carboxylic acids is 1. The first kappa shape index (κ1) is 12.9. The van der Waals surface area contributed by atoms with Gasteiger partial charge < -0.3 is 15.6 Å². The number of hydroxylamine groups is 1. The maximum absolute atomic E-state index is 10.4. The van der Waals surface area contributed by atoms with Gasteiger partial charge in [0.15, 0.2) is 0 Å². The molecular formula is C8H16N2O4. The van der Waals surface area contributed by atoms with Gasteiger partial charge in [0, 0.05) is 13.5 Å². The summed E-state index contributed by atoms with van der Waals surface area (Å²) < 4.78 is 0. The molecule has 0 rings (SSSR count). The number of rotatable bonds is 7. The van der Waals surface area contributed by atoms with E-state index in [1.54, 1.807) is 5.48 Å². The van der Waals surface area contributed by atoms with Crippen LogP contribution in [0.1, 0.15) is 26.2 Å². The molecule has 0 heterocycles. The van der Waals surface area contributed by atoms with E-state index in [1.165, 1.54) is 6.92 Å².